The van der Waals surface area contributed by atoms with E-state index in [1.807, 2.05) is 23.9 Å². The Kier molecular flexibility index (Phi) is 3.31. The molecule has 4 heterocycles. The quantitative estimate of drug-likeness (QED) is 0.727. The summed E-state index contributed by atoms with van der Waals surface area (Å²) in [6.07, 6.45) is 8.61. The van der Waals surface area contributed by atoms with Crippen LogP contribution in [-0.2, 0) is 4.74 Å². The van der Waals surface area contributed by atoms with Crippen molar-refractivity contribution in [3.8, 4) is 11.5 Å². The molecule has 6 heteroatoms. The van der Waals surface area contributed by atoms with Gasteiger partial charge in [0.15, 0.2) is 12.1 Å². The van der Waals surface area contributed by atoms with Crippen LogP contribution in [0.5, 0.6) is 0 Å². The maximum absolute atomic E-state index is 5.85. The minimum Gasteiger partial charge on any atom is -0.356 e. The zero-order chi connectivity index (χ0) is 14.9. The number of hydrogen-bond acceptors (Lipinski definition) is 5. The average molecular weight is 295 g/mol. The van der Waals surface area contributed by atoms with Crippen LogP contribution in [-0.4, -0.2) is 31.3 Å². The van der Waals surface area contributed by atoms with Crippen molar-refractivity contribution in [1.82, 2.24) is 24.7 Å². The average Bonchev–Trinajstić information content (AvgIpc) is 2.93. The highest BCUT2D eigenvalue weighted by Crippen LogP contribution is 2.28. The minimum atomic E-state index is 0.0191. The highest BCUT2D eigenvalue weighted by atomic mass is 16.5. The van der Waals surface area contributed by atoms with E-state index in [-0.39, 0.29) is 6.23 Å². The Hall–Kier alpha value is -2.34. The van der Waals surface area contributed by atoms with E-state index in [2.05, 4.69) is 20.1 Å². The molecule has 0 bridgehead atoms. The summed E-state index contributed by atoms with van der Waals surface area (Å²) in [7, 11) is 0. The molecule has 0 N–H and O–H groups in total. The molecular weight excluding hydrogens is 278 g/mol. The van der Waals surface area contributed by atoms with Gasteiger partial charge in [-0.15, -0.1) is 0 Å². The lowest BCUT2D eigenvalue weighted by Crippen LogP contribution is -2.19. The predicted octanol–water partition coefficient (Wildman–Crippen LogP) is 2.90. The molecule has 112 valence electrons. The lowest BCUT2D eigenvalue weighted by molar-refractivity contribution is -0.0368. The maximum Gasteiger partial charge on any atom is 0.178 e. The summed E-state index contributed by atoms with van der Waals surface area (Å²) in [6, 6.07) is 3.80. The van der Waals surface area contributed by atoms with E-state index in [9.17, 15) is 0 Å². The summed E-state index contributed by atoms with van der Waals surface area (Å²) in [6.45, 7) is 2.81. The highest BCUT2D eigenvalue weighted by Gasteiger charge is 2.20. The fraction of sp³-hybridized carbons (Fsp3) is 0.375. The van der Waals surface area contributed by atoms with Crippen molar-refractivity contribution >= 4 is 10.9 Å². The Morgan fingerprint density at radius 2 is 2.05 bits per heavy atom. The first-order chi connectivity index (χ1) is 10.8. The van der Waals surface area contributed by atoms with Crippen LogP contribution in [0.3, 0.4) is 0 Å². The van der Waals surface area contributed by atoms with Gasteiger partial charge in [0.1, 0.15) is 5.69 Å². The van der Waals surface area contributed by atoms with Crippen LogP contribution < -0.4 is 0 Å². The van der Waals surface area contributed by atoms with Crippen molar-refractivity contribution in [3.63, 3.8) is 0 Å². The molecule has 6 nitrogen and oxygen atoms in total. The van der Waals surface area contributed by atoms with E-state index in [0.717, 1.165) is 41.7 Å². The van der Waals surface area contributed by atoms with Crippen LogP contribution in [0.25, 0.3) is 22.4 Å². The summed E-state index contributed by atoms with van der Waals surface area (Å²) in [4.78, 5) is 13.0. The van der Waals surface area contributed by atoms with E-state index in [1.165, 1.54) is 6.42 Å². The molecule has 4 rings (SSSR count). The number of fused-ring (bicyclic) bond motifs is 1. The molecule has 1 aliphatic heterocycles. The fourth-order valence-electron chi connectivity index (χ4n) is 2.88. The number of ether oxygens (including phenoxy) is 1. The Labute approximate surface area is 128 Å². The zero-order valence-corrected chi connectivity index (χ0v) is 12.4. The number of nitrogens with zero attached hydrogens (tertiary/aromatic N) is 5. The summed E-state index contributed by atoms with van der Waals surface area (Å²) in [5, 5.41) is 5.73. The number of hydrogen-bond donors (Lipinski definition) is 0. The number of pyridine rings is 1. The molecule has 1 atom stereocenters. The molecular formula is C16H17N5O. The third kappa shape index (κ3) is 2.25. The largest absolute Gasteiger partial charge is 0.356 e. The van der Waals surface area contributed by atoms with Crippen molar-refractivity contribution in [2.24, 2.45) is 0 Å². The van der Waals surface area contributed by atoms with E-state index in [4.69, 9.17) is 4.74 Å². The monoisotopic (exact) mass is 295 g/mol. The second kappa shape index (κ2) is 5.46. The summed E-state index contributed by atoms with van der Waals surface area (Å²) < 4.78 is 7.81. The van der Waals surface area contributed by atoms with E-state index in [0.29, 0.717) is 5.82 Å². The van der Waals surface area contributed by atoms with Gasteiger partial charge in [0, 0.05) is 24.4 Å². The van der Waals surface area contributed by atoms with Gasteiger partial charge in [0.2, 0.25) is 0 Å². The van der Waals surface area contributed by atoms with Crippen LogP contribution in [0.1, 0.15) is 31.2 Å². The molecule has 0 spiro atoms. The van der Waals surface area contributed by atoms with E-state index in [1.54, 1.807) is 18.5 Å². The molecule has 22 heavy (non-hydrogen) atoms. The van der Waals surface area contributed by atoms with Gasteiger partial charge in [-0.2, -0.15) is 5.10 Å². The third-order valence-electron chi connectivity index (χ3n) is 4.00. The molecule has 0 aliphatic carbocycles. The number of aryl methyl sites for hydroxylation is 1. The molecule has 1 fully saturated rings. The standard InChI is InChI=1S/C16H17N5O/c1-11-12-9-13(16-17-6-4-7-18-16)19-10-14(12)21(20-11)15-5-2-3-8-22-15/h4,6-7,9-10,15H,2-3,5,8H2,1H3. The normalized spacial score (nSPS) is 18.7. The lowest BCUT2D eigenvalue weighted by Gasteiger charge is -2.23. The molecule has 0 saturated carbocycles. The van der Waals surface area contributed by atoms with Crippen LogP contribution in [0.2, 0.25) is 0 Å². The fourth-order valence-corrected chi connectivity index (χ4v) is 2.88. The van der Waals surface area contributed by atoms with Crippen molar-refractivity contribution in [1.29, 1.82) is 0 Å². The summed E-state index contributed by atoms with van der Waals surface area (Å²) in [5.74, 6) is 0.630. The second-order valence-electron chi connectivity index (χ2n) is 5.51. The minimum absolute atomic E-state index is 0.0191. The van der Waals surface area contributed by atoms with E-state index < -0.39 is 0 Å². The number of rotatable bonds is 2. The molecule has 0 amide bonds. The van der Waals surface area contributed by atoms with Crippen LogP contribution >= 0.6 is 0 Å². The third-order valence-corrected chi connectivity index (χ3v) is 4.00. The summed E-state index contributed by atoms with van der Waals surface area (Å²) >= 11 is 0. The van der Waals surface area contributed by atoms with Crippen LogP contribution in [0.15, 0.2) is 30.7 Å². The van der Waals surface area contributed by atoms with Gasteiger partial charge >= 0.3 is 0 Å². The van der Waals surface area contributed by atoms with Gasteiger partial charge in [-0.1, -0.05) is 0 Å². The van der Waals surface area contributed by atoms with Gasteiger partial charge in [0.25, 0.3) is 0 Å². The van der Waals surface area contributed by atoms with E-state index >= 15 is 0 Å². The maximum atomic E-state index is 5.85. The number of aromatic nitrogens is 5. The van der Waals surface area contributed by atoms with Gasteiger partial charge in [-0.3, -0.25) is 4.98 Å². The van der Waals surface area contributed by atoms with Crippen molar-refractivity contribution in [2.75, 3.05) is 6.61 Å². The van der Waals surface area contributed by atoms with Gasteiger partial charge in [0.05, 0.1) is 17.4 Å². The molecule has 3 aromatic rings. The SMILES string of the molecule is Cc1nn(C2CCCCO2)c2cnc(-c3ncccn3)cc12. The first-order valence-electron chi connectivity index (χ1n) is 7.57. The van der Waals surface area contributed by atoms with Crippen LogP contribution in [0.4, 0.5) is 0 Å². The van der Waals surface area contributed by atoms with Crippen molar-refractivity contribution in [2.45, 2.75) is 32.4 Å². The Bertz CT molecular complexity index is 793. The lowest BCUT2D eigenvalue weighted by atomic mass is 10.2. The first kappa shape index (κ1) is 13.3. The molecule has 0 aromatic carbocycles. The Morgan fingerprint density at radius 3 is 2.82 bits per heavy atom. The topological polar surface area (TPSA) is 65.7 Å². The van der Waals surface area contributed by atoms with Gasteiger partial charge < -0.3 is 4.74 Å². The van der Waals surface area contributed by atoms with Gasteiger partial charge in [-0.25, -0.2) is 14.6 Å². The molecule has 1 unspecified atom stereocenters. The smallest absolute Gasteiger partial charge is 0.178 e. The Balaban J connectivity index is 1.79. The molecule has 1 saturated heterocycles. The second-order valence-corrected chi connectivity index (χ2v) is 5.51. The molecule has 1 aliphatic rings. The predicted molar refractivity (Wildman–Crippen MR) is 82.1 cm³/mol. The molecule has 0 radical (unpaired) electrons. The van der Waals surface area contributed by atoms with Crippen molar-refractivity contribution in [3.05, 3.63) is 36.4 Å². The van der Waals surface area contributed by atoms with Gasteiger partial charge in [-0.05, 0) is 38.3 Å². The zero-order valence-electron chi connectivity index (χ0n) is 12.4. The highest BCUT2D eigenvalue weighted by molar-refractivity contribution is 5.84. The van der Waals surface area contributed by atoms with Crippen LogP contribution in [0, 0.1) is 6.92 Å². The summed E-state index contributed by atoms with van der Waals surface area (Å²) in [5.41, 5.74) is 2.74. The molecule has 3 aromatic heterocycles. The first-order valence-corrected chi connectivity index (χ1v) is 7.57. The Morgan fingerprint density at radius 1 is 1.18 bits per heavy atom. The van der Waals surface area contributed by atoms with Crippen molar-refractivity contribution < 1.29 is 4.74 Å².